The Morgan fingerprint density at radius 1 is 1.67 bits per heavy atom. The predicted molar refractivity (Wildman–Crippen MR) is 39.9 cm³/mol. The second kappa shape index (κ2) is 4.09. The van der Waals surface area contributed by atoms with Gasteiger partial charge in [-0.25, -0.2) is 0 Å². The van der Waals surface area contributed by atoms with Gasteiger partial charge in [-0.05, 0) is 25.8 Å². The second-order valence-electron chi connectivity index (χ2n) is 2.47. The number of halogens is 1. The highest BCUT2D eigenvalue weighted by atomic mass is 35.5. The Hall–Kier alpha value is 0.210. The van der Waals surface area contributed by atoms with E-state index < -0.39 is 0 Å². The van der Waals surface area contributed by atoms with Gasteiger partial charge in [-0.2, -0.15) is 0 Å². The fourth-order valence-corrected chi connectivity index (χ4v) is 1.16. The van der Waals surface area contributed by atoms with Crippen LogP contribution in [0.1, 0.15) is 13.3 Å². The fourth-order valence-electron chi connectivity index (χ4n) is 1.16. The third-order valence-electron chi connectivity index (χ3n) is 1.92. The van der Waals surface area contributed by atoms with E-state index in [1.165, 1.54) is 0 Å². The van der Waals surface area contributed by atoms with E-state index in [0.29, 0.717) is 18.6 Å². The van der Waals surface area contributed by atoms with Crippen LogP contribution in [0.4, 0.5) is 0 Å². The van der Waals surface area contributed by atoms with Crippen molar-refractivity contribution in [1.82, 2.24) is 5.32 Å². The molecule has 1 fully saturated rings. The summed E-state index contributed by atoms with van der Waals surface area (Å²) in [7, 11) is 0. The van der Waals surface area contributed by atoms with Crippen molar-refractivity contribution in [2.24, 2.45) is 5.92 Å². The van der Waals surface area contributed by atoms with Crippen molar-refractivity contribution >= 4 is 12.4 Å². The van der Waals surface area contributed by atoms with Crippen LogP contribution in [0.15, 0.2) is 0 Å². The number of aliphatic hydroxyl groups excluding tert-OH is 1. The smallest absolute Gasteiger partial charge is 0.0474 e. The van der Waals surface area contributed by atoms with Crippen molar-refractivity contribution in [2.75, 3.05) is 13.2 Å². The third kappa shape index (κ3) is 2.12. The predicted octanol–water partition coefficient (Wildman–Crippen LogP) is 0.398. The lowest BCUT2D eigenvalue weighted by Gasteiger charge is -2.09. The Morgan fingerprint density at radius 3 is 2.56 bits per heavy atom. The highest BCUT2D eigenvalue weighted by molar-refractivity contribution is 5.85. The minimum atomic E-state index is 0. The van der Waals surface area contributed by atoms with E-state index in [4.69, 9.17) is 5.11 Å². The summed E-state index contributed by atoms with van der Waals surface area (Å²) in [6.07, 6.45) is 1.14. The van der Waals surface area contributed by atoms with E-state index in [-0.39, 0.29) is 12.4 Å². The lowest BCUT2D eigenvalue weighted by atomic mass is 10.0. The summed E-state index contributed by atoms with van der Waals surface area (Å²) in [5.41, 5.74) is 0. The first kappa shape index (κ1) is 9.21. The lowest BCUT2D eigenvalue weighted by Crippen LogP contribution is -2.24. The zero-order valence-electron chi connectivity index (χ0n) is 5.63. The molecule has 2 atom stereocenters. The van der Waals surface area contributed by atoms with E-state index in [0.717, 1.165) is 13.0 Å². The third-order valence-corrected chi connectivity index (χ3v) is 1.92. The molecule has 0 aromatic carbocycles. The van der Waals surface area contributed by atoms with Gasteiger partial charge in [-0.1, -0.05) is 0 Å². The normalized spacial score (nSPS) is 34.0. The molecule has 2 N–H and O–H groups in total. The first-order chi connectivity index (χ1) is 3.84. The van der Waals surface area contributed by atoms with Crippen molar-refractivity contribution in [3.8, 4) is 0 Å². The van der Waals surface area contributed by atoms with Crippen molar-refractivity contribution in [3.63, 3.8) is 0 Å². The number of rotatable bonds is 1. The Kier molecular flexibility index (Phi) is 4.19. The van der Waals surface area contributed by atoms with E-state index in [1.54, 1.807) is 0 Å². The van der Waals surface area contributed by atoms with E-state index in [9.17, 15) is 0 Å². The molecular formula is C6H14ClNO. The molecule has 0 unspecified atom stereocenters. The van der Waals surface area contributed by atoms with Crippen LogP contribution in [0, 0.1) is 5.92 Å². The zero-order valence-corrected chi connectivity index (χ0v) is 6.45. The topological polar surface area (TPSA) is 32.3 Å². The van der Waals surface area contributed by atoms with Gasteiger partial charge in [0.15, 0.2) is 0 Å². The molecule has 0 aromatic rings. The molecule has 2 nitrogen and oxygen atoms in total. The summed E-state index contributed by atoms with van der Waals surface area (Å²) in [6.45, 7) is 3.54. The Balaban J connectivity index is 0.000000640. The molecule has 0 saturated carbocycles. The zero-order chi connectivity index (χ0) is 5.98. The van der Waals surface area contributed by atoms with Crippen LogP contribution in [0.5, 0.6) is 0 Å². The maximum atomic E-state index is 8.70. The van der Waals surface area contributed by atoms with Gasteiger partial charge in [0, 0.05) is 12.6 Å². The van der Waals surface area contributed by atoms with Gasteiger partial charge in [-0.3, -0.25) is 0 Å². The largest absolute Gasteiger partial charge is 0.396 e. The molecule has 9 heavy (non-hydrogen) atoms. The minimum absolute atomic E-state index is 0. The Labute approximate surface area is 62.1 Å². The maximum absolute atomic E-state index is 8.70. The number of nitrogens with one attached hydrogen (secondary N) is 1. The van der Waals surface area contributed by atoms with Crippen LogP contribution in [-0.2, 0) is 0 Å². The standard InChI is InChI=1S/C6H13NO.ClH/c1-5-6(4-8)2-3-7-5;/h5-8H,2-4H2,1H3;1H/t5-,6-;/m0./s1. The van der Waals surface area contributed by atoms with Gasteiger partial charge < -0.3 is 10.4 Å². The molecule has 1 aliphatic heterocycles. The Morgan fingerprint density at radius 2 is 2.33 bits per heavy atom. The number of aliphatic hydroxyl groups is 1. The highest BCUT2D eigenvalue weighted by Gasteiger charge is 2.20. The van der Waals surface area contributed by atoms with Crippen LogP contribution in [0.2, 0.25) is 0 Å². The van der Waals surface area contributed by atoms with Crippen molar-refractivity contribution in [3.05, 3.63) is 0 Å². The molecule has 0 radical (unpaired) electrons. The summed E-state index contributed by atoms with van der Waals surface area (Å²) in [4.78, 5) is 0. The van der Waals surface area contributed by atoms with Gasteiger partial charge in [0.1, 0.15) is 0 Å². The number of hydrogen-bond donors (Lipinski definition) is 2. The fraction of sp³-hybridized carbons (Fsp3) is 1.00. The second-order valence-corrected chi connectivity index (χ2v) is 2.47. The van der Waals surface area contributed by atoms with Gasteiger partial charge >= 0.3 is 0 Å². The van der Waals surface area contributed by atoms with Crippen LogP contribution < -0.4 is 5.32 Å². The summed E-state index contributed by atoms with van der Waals surface area (Å²) in [6, 6.07) is 0.528. The average molecular weight is 152 g/mol. The molecule has 56 valence electrons. The number of hydrogen-bond acceptors (Lipinski definition) is 2. The summed E-state index contributed by atoms with van der Waals surface area (Å²) in [5.74, 6) is 0.509. The van der Waals surface area contributed by atoms with Crippen molar-refractivity contribution < 1.29 is 5.11 Å². The molecule has 1 rings (SSSR count). The molecule has 0 bridgehead atoms. The molecule has 1 heterocycles. The van der Waals surface area contributed by atoms with E-state index >= 15 is 0 Å². The van der Waals surface area contributed by atoms with Crippen molar-refractivity contribution in [2.45, 2.75) is 19.4 Å². The van der Waals surface area contributed by atoms with E-state index in [2.05, 4.69) is 12.2 Å². The highest BCUT2D eigenvalue weighted by Crippen LogP contribution is 2.12. The molecule has 0 aromatic heterocycles. The molecule has 1 aliphatic rings. The molecule has 0 aliphatic carbocycles. The quantitative estimate of drug-likeness (QED) is 0.569. The molecule has 1 saturated heterocycles. The van der Waals surface area contributed by atoms with Crippen LogP contribution in [0.3, 0.4) is 0 Å². The van der Waals surface area contributed by atoms with Gasteiger partial charge in [0.05, 0.1) is 0 Å². The van der Waals surface area contributed by atoms with Crippen LogP contribution in [-0.4, -0.2) is 24.3 Å². The maximum Gasteiger partial charge on any atom is 0.0474 e. The summed E-state index contributed by atoms with van der Waals surface area (Å²) in [5, 5.41) is 12.0. The molecular weight excluding hydrogens is 138 g/mol. The first-order valence-electron chi connectivity index (χ1n) is 3.19. The van der Waals surface area contributed by atoms with E-state index in [1.807, 2.05) is 0 Å². The molecule has 3 heteroatoms. The monoisotopic (exact) mass is 151 g/mol. The molecule has 0 spiro atoms. The Bertz CT molecular complexity index is 79.5. The summed E-state index contributed by atoms with van der Waals surface area (Å²) >= 11 is 0. The van der Waals surface area contributed by atoms with Crippen LogP contribution in [0.25, 0.3) is 0 Å². The van der Waals surface area contributed by atoms with Gasteiger partial charge in [0.25, 0.3) is 0 Å². The minimum Gasteiger partial charge on any atom is -0.396 e. The molecule has 0 amide bonds. The summed E-state index contributed by atoms with van der Waals surface area (Å²) < 4.78 is 0. The van der Waals surface area contributed by atoms with Crippen molar-refractivity contribution in [1.29, 1.82) is 0 Å². The lowest BCUT2D eigenvalue weighted by molar-refractivity contribution is 0.218. The van der Waals surface area contributed by atoms with Gasteiger partial charge in [-0.15, -0.1) is 12.4 Å². The van der Waals surface area contributed by atoms with Crippen LogP contribution >= 0.6 is 12.4 Å². The SMILES string of the molecule is C[C@@H]1NCC[C@H]1CO.Cl. The van der Waals surface area contributed by atoms with Gasteiger partial charge in [0.2, 0.25) is 0 Å². The average Bonchev–Trinajstić information content (AvgIpc) is 2.14. The first-order valence-corrected chi connectivity index (χ1v) is 3.19.